The van der Waals surface area contributed by atoms with Crippen LogP contribution in [0.25, 0.3) is 5.52 Å². The number of hydrogen-bond donors (Lipinski definition) is 1. The highest BCUT2D eigenvalue weighted by atomic mass is 15.0. The van der Waals surface area contributed by atoms with Crippen molar-refractivity contribution in [3.05, 3.63) is 35.9 Å². The fourth-order valence-electron chi connectivity index (χ4n) is 1.76. The molecule has 0 atom stereocenters. The number of fused-ring (bicyclic) bond motifs is 1. The Morgan fingerprint density at radius 3 is 3.14 bits per heavy atom. The van der Waals surface area contributed by atoms with Gasteiger partial charge in [-0.3, -0.25) is 0 Å². The monoisotopic (exact) mass is 189 g/mol. The maximum Gasteiger partial charge on any atom is 0.0995 e. The molecule has 0 amide bonds. The smallest absolute Gasteiger partial charge is 0.0995 e. The van der Waals surface area contributed by atoms with E-state index in [2.05, 4.69) is 33.8 Å². The maximum absolute atomic E-state index is 4.31. The third-order valence-corrected chi connectivity index (χ3v) is 2.47. The van der Waals surface area contributed by atoms with E-state index in [9.17, 15) is 0 Å². The molecular formula is C11H15N3. The first-order chi connectivity index (χ1) is 6.83. The lowest BCUT2D eigenvalue weighted by Crippen LogP contribution is -2.10. The van der Waals surface area contributed by atoms with Crippen LogP contribution in [0, 0.1) is 6.92 Å². The maximum atomic E-state index is 4.31. The number of nitrogens with one attached hydrogen (secondary N) is 1. The molecule has 2 aromatic rings. The van der Waals surface area contributed by atoms with E-state index >= 15 is 0 Å². The van der Waals surface area contributed by atoms with E-state index in [1.807, 2.05) is 19.6 Å². The second-order valence-corrected chi connectivity index (χ2v) is 3.47. The second-order valence-electron chi connectivity index (χ2n) is 3.47. The summed E-state index contributed by atoms with van der Waals surface area (Å²) in [5, 5.41) is 3.16. The SMILES string of the molecule is CNCCc1cccn2cnc(C)c12. The molecule has 0 aliphatic heterocycles. The molecule has 0 saturated carbocycles. The fourth-order valence-corrected chi connectivity index (χ4v) is 1.76. The van der Waals surface area contributed by atoms with Gasteiger partial charge in [-0.05, 0) is 38.6 Å². The van der Waals surface area contributed by atoms with E-state index in [1.54, 1.807) is 0 Å². The van der Waals surface area contributed by atoms with Crippen molar-refractivity contribution in [3.63, 3.8) is 0 Å². The van der Waals surface area contributed by atoms with Gasteiger partial charge < -0.3 is 9.72 Å². The number of aryl methyl sites for hydroxylation is 1. The number of hydrogen-bond acceptors (Lipinski definition) is 2. The van der Waals surface area contributed by atoms with Crippen LogP contribution in [0.1, 0.15) is 11.3 Å². The van der Waals surface area contributed by atoms with Crippen LogP contribution in [0.15, 0.2) is 24.7 Å². The van der Waals surface area contributed by atoms with Crippen LogP contribution in [0.2, 0.25) is 0 Å². The molecule has 0 aliphatic carbocycles. The number of rotatable bonds is 3. The Morgan fingerprint density at radius 2 is 2.36 bits per heavy atom. The summed E-state index contributed by atoms with van der Waals surface area (Å²) < 4.78 is 2.08. The van der Waals surface area contributed by atoms with Gasteiger partial charge in [-0.25, -0.2) is 4.98 Å². The number of pyridine rings is 1. The van der Waals surface area contributed by atoms with E-state index < -0.39 is 0 Å². The largest absolute Gasteiger partial charge is 0.319 e. The van der Waals surface area contributed by atoms with Gasteiger partial charge >= 0.3 is 0 Å². The van der Waals surface area contributed by atoms with Crippen LogP contribution < -0.4 is 5.32 Å². The molecule has 0 radical (unpaired) electrons. The Labute approximate surface area is 83.8 Å². The van der Waals surface area contributed by atoms with E-state index in [-0.39, 0.29) is 0 Å². The van der Waals surface area contributed by atoms with Crippen molar-refractivity contribution in [3.8, 4) is 0 Å². The Balaban J connectivity index is 2.46. The van der Waals surface area contributed by atoms with Gasteiger partial charge in [0.1, 0.15) is 0 Å². The molecule has 3 nitrogen and oxygen atoms in total. The molecule has 0 unspecified atom stereocenters. The summed E-state index contributed by atoms with van der Waals surface area (Å²) in [6, 6.07) is 4.24. The Kier molecular flexibility index (Phi) is 2.50. The molecule has 14 heavy (non-hydrogen) atoms. The zero-order chi connectivity index (χ0) is 9.97. The Hall–Kier alpha value is -1.35. The van der Waals surface area contributed by atoms with Crippen molar-refractivity contribution in [2.45, 2.75) is 13.3 Å². The number of nitrogens with zero attached hydrogens (tertiary/aromatic N) is 2. The van der Waals surface area contributed by atoms with E-state index in [4.69, 9.17) is 0 Å². The lowest BCUT2D eigenvalue weighted by Gasteiger charge is -2.04. The number of imidazole rings is 1. The summed E-state index contributed by atoms with van der Waals surface area (Å²) in [4.78, 5) is 4.31. The van der Waals surface area contributed by atoms with E-state index in [0.717, 1.165) is 18.7 Å². The molecular weight excluding hydrogens is 174 g/mol. The van der Waals surface area contributed by atoms with Crippen LogP contribution in [-0.2, 0) is 6.42 Å². The Morgan fingerprint density at radius 1 is 1.50 bits per heavy atom. The average molecular weight is 189 g/mol. The summed E-state index contributed by atoms with van der Waals surface area (Å²) in [6.45, 7) is 3.06. The first kappa shape index (κ1) is 9.21. The standard InChI is InChI=1S/C11H15N3/c1-9-11-10(5-6-12-2)4-3-7-14(11)8-13-9/h3-4,7-8,12H,5-6H2,1-2H3. The van der Waals surface area contributed by atoms with E-state index in [0.29, 0.717) is 0 Å². The molecule has 1 N–H and O–H groups in total. The van der Waals surface area contributed by atoms with Crippen molar-refractivity contribution in [2.75, 3.05) is 13.6 Å². The zero-order valence-electron chi connectivity index (χ0n) is 8.62. The van der Waals surface area contributed by atoms with Crippen molar-refractivity contribution >= 4 is 5.52 Å². The average Bonchev–Trinajstić information content (AvgIpc) is 2.58. The lowest BCUT2D eigenvalue weighted by molar-refractivity contribution is 0.792. The molecule has 0 aliphatic rings. The molecule has 3 heteroatoms. The number of likely N-dealkylation sites (N-methyl/N-ethyl adjacent to an activating group) is 1. The second kappa shape index (κ2) is 3.80. The molecule has 0 bridgehead atoms. The minimum absolute atomic E-state index is 1.00. The lowest BCUT2D eigenvalue weighted by atomic mass is 10.1. The zero-order valence-corrected chi connectivity index (χ0v) is 8.62. The highest BCUT2D eigenvalue weighted by Gasteiger charge is 2.04. The highest BCUT2D eigenvalue weighted by molar-refractivity contribution is 5.58. The van der Waals surface area contributed by atoms with Gasteiger partial charge in [0.2, 0.25) is 0 Å². The predicted octanol–water partition coefficient (Wildman–Crippen LogP) is 1.40. The summed E-state index contributed by atoms with van der Waals surface area (Å²) in [6.07, 6.45) is 4.96. The highest BCUT2D eigenvalue weighted by Crippen LogP contribution is 2.14. The van der Waals surface area contributed by atoms with Crippen molar-refractivity contribution in [2.24, 2.45) is 0 Å². The molecule has 0 fully saturated rings. The van der Waals surface area contributed by atoms with Gasteiger partial charge in [-0.15, -0.1) is 0 Å². The molecule has 2 aromatic heterocycles. The van der Waals surface area contributed by atoms with Crippen molar-refractivity contribution < 1.29 is 0 Å². The topological polar surface area (TPSA) is 29.3 Å². The molecule has 0 saturated heterocycles. The van der Waals surface area contributed by atoms with Gasteiger partial charge in [0.25, 0.3) is 0 Å². The van der Waals surface area contributed by atoms with Crippen molar-refractivity contribution in [1.29, 1.82) is 0 Å². The van der Waals surface area contributed by atoms with Crippen LogP contribution in [0.5, 0.6) is 0 Å². The van der Waals surface area contributed by atoms with Gasteiger partial charge in [-0.1, -0.05) is 6.07 Å². The summed E-state index contributed by atoms with van der Waals surface area (Å²) >= 11 is 0. The van der Waals surface area contributed by atoms with Crippen LogP contribution >= 0.6 is 0 Å². The first-order valence-electron chi connectivity index (χ1n) is 4.88. The summed E-state index contributed by atoms with van der Waals surface area (Å²) in [5.41, 5.74) is 3.72. The minimum Gasteiger partial charge on any atom is -0.319 e. The number of aromatic nitrogens is 2. The van der Waals surface area contributed by atoms with Crippen molar-refractivity contribution in [1.82, 2.24) is 14.7 Å². The molecule has 74 valence electrons. The first-order valence-corrected chi connectivity index (χ1v) is 4.88. The minimum atomic E-state index is 1.00. The third kappa shape index (κ3) is 1.51. The molecule has 2 heterocycles. The molecule has 0 spiro atoms. The van der Waals surface area contributed by atoms with Gasteiger partial charge in [0.05, 0.1) is 17.5 Å². The van der Waals surface area contributed by atoms with Gasteiger partial charge in [0, 0.05) is 6.20 Å². The predicted molar refractivity (Wildman–Crippen MR) is 57.6 cm³/mol. The Bertz CT molecular complexity index is 431. The van der Waals surface area contributed by atoms with Gasteiger partial charge in [0.15, 0.2) is 0 Å². The van der Waals surface area contributed by atoms with Crippen LogP contribution in [0.4, 0.5) is 0 Å². The third-order valence-electron chi connectivity index (χ3n) is 2.47. The van der Waals surface area contributed by atoms with Crippen LogP contribution in [0.3, 0.4) is 0 Å². The summed E-state index contributed by atoms with van der Waals surface area (Å²) in [5.74, 6) is 0. The normalized spacial score (nSPS) is 11.0. The van der Waals surface area contributed by atoms with Crippen LogP contribution in [-0.4, -0.2) is 23.0 Å². The molecule has 0 aromatic carbocycles. The quantitative estimate of drug-likeness (QED) is 0.791. The van der Waals surface area contributed by atoms with Gasteiger partial charge in [-0.2, -0.15) is 0 Å². The summed E-state index contributed by atoms with van der Waals surface area (Å²) in [7, 11) is 1.98. The molecule has 2 rings (SSSR count). The van der Waals surface area contributed by atoms with E-state index in [1.165, 1.54) is 11.1 Å². The fraction of sp³-hybridized carbons (Fsp3) is 0.364.